The molecule has 1 rings (SSSR count). The molecule has 0 aliphatic carbocycles. The van der Waals surface area contributed by atoms with Crippen molar-refractivity contribution in [1.29, 1.82) is 0 Å². The molecule has 0 unspecified atom stereocenters. The molecule has 1 aromatic heterocycles. The van der Waals surface area contributed by atoms with E-state index in [9.17, 15) is 4.79 Å². The summed E-state index contributed by atoms with van der Waals surface area (Å²) < 4.78 is 1.58. The number of aromatic nitrogens is 2. The van der Waals surface area contributed by atoms with Gasteiger partial charge in [0.1, 0.15) is 5.15 Å². The van der Waals surface area contributed by atoms with Gasteiger partial charge in [0.15, 0.2) is 5.78 Å². The van der Waals surface area contributed by atoms with Crippen LogP contribution in [0.4, 0.5) is 0 Å². The molecule has 4 heteroatoms. The highest BCUT2D eigenvalue weighted by atomic mass is 35.5. The van der Waals surface area contributed by atoms with Gasteiger partial charge in [0.2, 0.25) is 0 Å². The topological polar surface area (TPSA) is 34.9 Å². The number of halogens is 1. The summed E-state index contributed by atoms with van der Waals surface area (Å²) in [5.74, 6) is 0.0468. The number of aryl methyl sites for hydroxylation is 2. The van der Waals surface area contributed by atoms with E-state index in [4.69, 9.17) is 11.6 Å². The number of allylic oxidation sites excluding steroid dienone is 2. The minimum absolute atomic E-state index is 0.0468. The fourth-order valence-corrected chi connectivity index (χ4v) is 1.54. The first-order valence-corrected chi connectivity index (χ1v) is 4.77. The van der Waals surface area contributed by atoms with E-state index in [2.05, 4.69) is 5.10 Å². The number of carbonyl (C=O) groups excluding carboxylic acids is 1. The third-order valence-electron chi connectivity index (χ3n) is 1.97. The summed E-state index contributed by atoms with van der Waals surface area (Å²) in [6.07, 6.45) is 3.59. The van der Waals surface area contributed by atoms with Gasteiger partial charge in [-0.25, -0.2) is 0 Å². The van der Waals surface area contributed by atoms with Gasteiger partial charge in [0.25, 0.3) is 0 Å². The van der Waals surface area contributed by atoms with E-state index in [1.165, 1.54) is 0 Å². The minimum atomic E-state index is 0.0468. The zero-order valence-corrected chi connectivity index (χ0v) is 9.30. The van der Waals surface area contributed by atoms with Crippen LogP contribution < -0.4 is 0 Å². The molecule has 0 aliphatic rings. The second-order valence-electron chi connectivity index (χ2n) is 3.12. The van der Waals surface area contributed by atoms with Gasteiger partial charge in [0, 0.05) is 19.0 Å². The smallest absolute Gasteiger partial charge is 0.159 e. The third kappa shape index (κ3) is 2.23. The van der Waals surface area contributed by atoms with E-state index < -0.39 is 0 Å². The van der Waals surface area contributed by atoms with Gasteiger partial charge in [-0.1, -0.05) is 17.7 Å². The lowest BCUT2D eigenvalue weighted by atomic mass is 10.1. The van der Waals surface area contributed by atoms with Gasteiger partial charge in [-0.05, 0) is 19.9 Å². The molecule has 3 nitrogen and oxygen atoms in total. The Morgan fingerprint density at radius 3 is 2.71 bits per heavy atom. The fraction of sp³-hybridized carbons (Fsp3) is 0.400. The number of ketones is 1. The summed E-state index contributed by atoms with van der Waals surface area (Å²) in [6.45, 7) is 3.67. The highest BCUT2D eigenvalue weighted by Crippen LogP contribution is 2.19. The van der Waals surface area contributed by atoms with Crippen molar-refractivity contribution in [3.8, 4) is 0 Å². The van der Waals surface area contributed by atoms with Crippen molar-refractivity contribution < 1.29 is 4.79 Å². The first-order chi connectivity index (χ1) is 6.56. The SMILES string of the molecule is C/C=C/C(=O)Cc1c(C)nn(C)c1Cl. The molecule has 0 aromatic carbocycles. The summed E-state index contributed by atoms with van der Waals surface area (Å²) in [5, 5.41) is 4.67. The summed E-state index contributed by atoms with van der Waals surface area (Å²) >= 11 is 5.98. The van der Waals surface area contributed by atoms with Crippen molar-refractivity contribution in [1.82, 2.24) is 9.78 Å². The van der Waals surface area contributed by atoms with Crippen molar-refractivity contribution in [3.63, 3.8) is 0 Å². The Bertz CT molecular complexity index is 380. The standard InChI is InChI=1S/C10H13ClN2O/c1-4-5-8(14)6-9-7(2)12-13(3)10(9)11/h4-5H,6H2,1-3H3/b5-4+. The lowest BCUT2D eigenvalue weighted by Crippen LogP contribution is -1.99. The third-order valence-corrected chi connectivity index (χ3v) is 2.45. The average Bonchev–Trinajstić information content (AvgIpc) is 2.33. The molecule has 0 bridgehead atoms. The van der Waals surface area contributed by atoms with E-state index in [0.717, 1.165) is 11.3 Å². The van der Waals surface area contributed by atoms with Crippen LogP contribution in [-0.4, -0.2) is 15.6 Å². The largest absolute Gasteiger partial charge is 0.294 e. The summed E-state index contributed by atoms with van der Waals surface area (Å²) in [5.41, 5.74) is 1.63. The molecule has 0 saturated heterocycles. The zero-order chi connectivity index (χ0) is 10.7. The van der Waals surface area contributed by atoms with Crippen molar-refractivity contribution in [2.75, 3.05) is 0 Å². The van der Waals surface area contributed by atoms with Crippen LogP contribution in [-0.2, 0) is 18.3 Å². The molecule has 0 amide bonds. The second-order valence-corrected chi connectivity index (χ2v) is 3.48. The first kappa shape index (κ1) is 11.0. The average molecular weight is 213 g/mol. The molecule has 76 valence electrons. The van der Waals surface area contributed by atoms with Crippen LogP contribution in [0.15, 0.2) is 12.2 Å². The monoisotopic (exact) mass is 212 g/mol. The molecule has 0 aliphatic heterocycles. The normalized spacial score (nSPS) is 11.1. The number of nitrogens with zero attached hydrogens (tertiary/aromatic N) is 2. The van der Waals surface area contributed by atoms with Crippen molar-refractivity contribution in [3.05, 3.63) is 28.6 Å². The zero-order valence-electron chi connectivity index (χ0n) is 8.54. The quantitative estimate of drug-likeness (QED) is 0.719. The van der Waals surface area contributed by atoms with E-state index in [1.807, 2.05) is 13.8 Å². The van der Waals surface area contributed by atoms with E-state index >= 15 is 0 Å². The van der Waals surface area contributed by atoms with E-state index in [0.29, 0.717) is 11.6 Å². The van der Waals surface area contributed by atoms with Crippen LogP contribution in [0.1, 0.15) is 18.2 Å². The Kier molecular flexibility index (Phi) is 3.47. The number of hydrogen-bond acceptors (Lipinski definition) is 2. The van der Waals surface area contributed by atoms with Gasteiger partial charge in [-0.2, -0.15) is 5.10 Å². The molecule has 0 spiro atoms. The maximum absolute atomic E-state index is 11.3. The highest BCUT2D eigenvalue weighted by Gasteiger charge is 2.12. The number of hydrogen-bond donors (Lipinski definition) is 0. The Hall–Kier alpha value is -1.09. The summed E-state index contributed by atoms with van der Waals surface area (Å²) in [7, 11) is 1.76. The van der Waals surface area contributed by atoms with Crippen LogP contribution in [0.5, 0.6) is 0 Å². The van der Waals surface area contributed by atoms with Crippen LogP contribution in [0.3, 0.4) is 0 Å². The van der Waals surface area contributed by atoms with Crippen LogP contribution >= 0.6 is 11.6 Å². The lowest BCUT2D eigenvalue weighted by Gasteiger charge is -1.96. The Labute approximate surface area is 88.4 Å². The molecular formula is C10H13ClN2O. The summed E-state index contributed by atoms with van der Waals surface area (Å²) in [6, 6.07) is 0. The molecule has 0 N–H and O–H groups in total. The molecule has 14 heavy (non-hydrogen) atoms. The molecule has 0 radical (unpaired) electrons. The maximum Gasteiger partial charge on any atom is 0.159 e. The van der Waals surface area contributed by atoms with Crippen LogP contribution in [0, 0.1) is 6.92 Å². The van der Waals surface area contributed by atoms with Gasteiger partial charge in [0.05, 0.1) is 5.69 Å². The number of carbonyl (C=O) groups is 1. The van der Waals surface area contributed by atoms with Crippen LogP contribution in [0.2, 0.25) is 5.15 Å². The van der Waals surface area contributed by atoms with Crippen molar-refractivity contribution >= 4 is 17.4 Å². The minimum Gasteiger partial charge on any atom is -0.294 e. The van der Waals surface area contributed by atoms with E-state index in [-0.39, 0.29) is 5.78 Å². The van der Waals surface area contributed by atoms with Gasteiger partial charge in [-0.3, -0.25) is 9.48 Å². The maximum atomic E-state index is 11.3. The summed E-state index contributed by atoms with van der Waals surface area (Å²) in [4.78, 5) is 11.3. The predicted molar refractivity (Wildman–Crippen MR) is 56.5 cm³/mol. The lowest BCUT2D eigenvalue weighted by molar-refractivity contribution is -0.114. The highest BCUT2D eigenvalue weighted by molar-refractivity contribution is 6.30. The van der Waals surface area contributed by atoms with Gasteiger partial charge in [-0.15, -0.1) is 0 Å². The Morgan fingerprint density at radius 1 is 1.64 bits per heavy atom. The fourth-order valence-electron chi connectivity index (χ4n) is 1.29. The van der Waals surface area contributed by atoms with Crippen molar-refractivity contribution in [2.24, 2.45) is 7.05 Å². The molecular weight excluding hydrogens is 200 g/mol. The molecule has 1 heterocycles. The predicted octanol–water partition coefficient (Wildman–Crippen LogP) is 2.07. The molecule has 0 saturated carbocycles. The van der Waals surface area contributed by atoms with Gasteiger partial charge < -0.3 is 0 Å². The van der Waals surface area contributed by atoms with Crippen LogP contribution in [0.25, 0.3) is 0 Å². The molecule has 0 atom stereocenters. The molecule has 1 aromatic rings. The van der Waals surface area contributed by atoms with E-state index in [1.54, 1.807) is 23.9 Å². The first-order valence-electron chi connectivity index (χ1n) is 4.39. The Morgan fingerprint density at radius 2 is 2.29 bits per heavy atom. The molecule has 0 fully saturated rings. The van der Waals surface area contributed by atoms with Crippen molar-refractivity contribution in [2.45, 2.75) is 20.3 Å². The second kappa shape index (κ2) is 4.42. The Balaban J connectivity index is 2.91. The van der Waals surface area contributed by atoms with Gasteiger partial charge >= 0.3 is 0 Å². The number of rotatable bonds is 3.